The van der Waals surface area contributed by atoms with E-state index in [1.165, 1.54) is 12.8 Å². The Morgan fingerprint density at radius 2 is 2.00 bits per heavy atom. The highest BCUT2D eigenvalue weighted by atomic mass is 16.2. The van der Waals surface area contributed by atoms with Crippen LogP contribution < -0.4 is 11.1 Å². The molecule has 0 aromatic rings. The van der Waals surface area contributed by atoms with Gasteiger partial charge in [-0.1, -0.05) is 26.7 Å². The van der Waals surface area contributed by atoms with Gasteiger partial charge in [-0.15, -0.1) is 0 Å². The molecule has 1 saturated carbocycles. The van der Waals surface area contributed by atoms with Crippen molar-refractivity contribution in [2.45, 2.75) is 52.1 Å². The van der Waals surface area contributed by atoms with Gasteiger partial charge in [0, 0.05) is 6.04 Å². The first-order valence-electron chi connectivity index (χ1n) is 5.56. The lowest BCUT2D eigenvalue weighted by Gasteiger charge is -2.19. The molecule has 1 fully saturated rings. The molecule has 0 aliphatic heterocycles. The number of nitrogens with two attached hydrogens (primary N) is 1. The molecule has 14 heavy (non-hydrogen) atoms. The summed E-state index contributed by atoms with van der Waals surface area (Å²) in [4.78, 5) is 11.6. The van der Waals surface area contributed by atoms with E-state index in [4.69, 9.17) is 5.73 Å². The maximum absolute atomic E-state index is 11.6. The summed E-state index contributed by atoms with van der Waals surface area (Å²) in [5.74, 6) is 1.05. The van der Waals surface area contributed by atoms with Crippen molar-refractivity contribution in [3.8, 4) is 0 Å². The van der Waals surface area contributed by atoms with Gasteiger partial charge in [0.2, 0.25) is 5.91 Å². The summed E-state index contributed by atoms with van der Waals surface area (Å²) in [5.41, 5.74) is 5.74. The minimum absolute atomic E-state index is 0.00634. The van der Waals surface area contributed by atoms with Crippen molar-refractivity contribution in [1.82, 2.24) is 5.32 Å². The van der Waals surface area contributed by atoms with Crippen LogP contribution in [0.4, 0.5) is 0 Å². The molecule has 1 aliphatic rings. The molecule has 0 radical (unpaired) electrons. The summed E-state index contributed by atoms with van der Waals surface area (Å²) >= 11 is 0. The van der Waals surface area contributed by atoms with E-state index < -0.39 is 0 Å². The number of amides is 1. The first kappa shape index (κ1) is 11.5. The van der Waals surface area contributed by atoms with Crippen LogP contribution in [0.1, 0.15) is 40.0 Å². The van der Waals surface area contributed by atoms with Gasteiger partial charge in [-0.05, 0) is 25.2 Å². The minimum atomic E-state index is -0.364. The molecule has 3 N–H and O–H groups in total. The van der Waals surface area contributed by atoms with Crippen molar-refractivity contribution >= 4 is 5.91 Å². The Morgan fingerprint density at radius 3 is 2.43 bits per heavy atom. The topological polar surface area (TPSA) is 55.1 Å². The van der Waals surface area contributed by atoms with Gasteiger partial charge in [-0.3, -0.25) is 4.79 Å². The molecule has 1 amide bonds. The van der Waals surface area contributed by atoms with E-state index in [0.717, 1.165) is 12.3 Å². The van der Waals surface area contributed by atoms with Gasteiger partial charge < -0.3 is 11.1 Å². The lowest BCUT2D eigenvalue weighted by Crippen LogP contribution is -2.47. The maximum Gasteiger partial charge on any atom is 0.237 e. The molecule has 0 aromatic heterocycles. The molecule has 0 saturated heterocycles. The number of carbonyl (C=O) groups excluding carboxylic acids is 1. The van der Waals surface area contributed by atoms with Crippen LogP contribution in [0.3, 0.4) is 0 Å². The zero-order chi connectivity index (χ0) is 10.7. The monoisotopic (exact) mass is 198 g/mol. The summed E-state index contributed by atoms with van der Waals surface area (Å²) in [6, 6.07) is -0.0866. The summed E-state index contributed by atoms with van der Waals surface area (Å²) in [7, 11) is 0. The molecule has 2 atom stereocenters. The van der Waals surface area contributed by atoms with Crippen LogP contribution in [0.2, 0.25) is 0 Å². The smallest absolute Gasteiger partial charge is 0.237 e. The van der Waals surface area contributed by atoms with E-state index in [-0.39, 0.29) is 23.9 Å². The molecule has 0 spiro atoms. The molecular formula is C11H22N2O. The second-order valence-corrected chi connectivity index (χ2v) is 4.86. The van der Waals surface area contributed by atoms with Gasteiger partial charge in [0.15, 0.2) is 0 Å². The lowest BCUT2D eigenvalue weighted by atomic mass is 10.0. The molecule has 82 valence electrons. The normalized spacial score (nSPS) is 20.6. The van der Waals surface area contributed by atoms with Gasteiger partial charge in [-0.25, -0.2) is 0 Å². The highest BCUT2D eigenvalue weighted by Gasteiger charge is 2.25. The number of hydrogen-bond acceptors (Lipinski definition) is 2. The van der Waals surface area contributed by atoms with Crippen LogP contribution in [-0.2, 0) is 4.79 Å². The largest absolute Gasteiger partial charge is 0.352 e. The summed E-state index contributed by atoms with van der Waals surface area (Å²) in [6.45, 7) is 5.99. The average molecular weight is 198 g/mol. The number of nitrogens with one attached hydrogen (secondary N) is 1. The molecule has 1 rings (SSSR count). The summed E-state index contributed by atoms with van der Waals surface area (Å²) < 4.78 is 0. The van der Waals surface area contributed by atoms with Gasteiger partial charge in [-0.2, -0.15) is 0 Å². The molecule has 1 aliphatic carbocycles. The molecule has 0 bridgehead atoms. The third kappa shape index (κ3) is 3.66. The fourth-order valence-corrected chi connectivity index (χ4v) is 1.55. The third-order valence-electron chi connectivity index (χ3n) is 2.79. The van der Waals surface area contributed by atoms with Crippen molar-refractivity contribution < 1.29 is 4.79 Å². The number of rotatable bonds is 5. The first-order valence-corrected chi connectivity index (χ1v) is 5.56. The van der Waals surface area contributed by atoms with E-state index in [1.807, 2.05) is 13.8 Å². The Morgan fingerprint density at radius 1 is 1.43 bits per heavy atom. The van der Waals surface area contributed by atoms with Crippen LogP contribution in [-0.4, -0.2) is 18.0 Å². The Labute approximate surface area is 86.4 Å². The quantitative estimate of drug-likeness (QED) is 0.699. The van der Waals surface area contributed by atoms with Gasteiger partial charge in [0.25, 0.3) is 0 Å². The SMILES string of the molecule is CC(CC1CC1)NC(=O)C(N)C(C)C. The molecule has 3 heteroatoms. The second kappa shape index (κ2) is 4.78. The predicted octanol–water partition coefficient (Wildman–Crippen LogP) is 1.27. The molecule has 0 aromatic carbocycles. The van der Waals surface area contributed by atoms with Crippen molar-refractivity contribution in [3.63, 3.8) is 0 Å². The molecule has 3 nitrogen and oxygen atoms in total. The van der Waals surface area contributed by atoms with Crippen LogP contribution in [0.15, 0.2) is 0 Å². The Kier molecular flexibility index (Phi) is 3.93. The highest BCUT2D eigenvalue weighted by Crippen LogP contribution is 2.33. The highest BCUT2D eigenvalue weighted by molar-refractivity contribution is 5.81. The number of carbonyl (C=O) groups is 1. The van der Waals surface area contributed by atoms with Crippen LogP contribution in [0.5, 0.6) is 0 Å². The molecule has 0 heterocycles. The van der Waals surface area contributed by atoms with Gasteiger partial charge >= 0.3 is 0 Å². The Bertz CT molecular complexity index is 199. The first-order chi connectivity index (χ1) is 6.50. The Hall–Kier alpha value is -0.570. The van der Waals surface area contributed by atoms with Crippen molar-refractivity contribution in [3.05, 3.63) is 0 Å². The Balaban J connectivity index is 2.23. The second-order valence-electron chi connectivity index (χ2n) is 4.86. The van der Waals surface area contributed by atoms with Crippen molar-refractivity contribution in [2.75, 3.05) is 0 Å². The zero-order valence-electron chi connectivity index (χ0n) is 9.42. The summed E-state index contributed by atoms with van der Waals surface area (Å²) in [6.07, 6.45) is 3.77. The fraction of sp³-hybridized carbons (Fsp3) is 0.909. The van der Waals surface area contributed by atoms with Crippen molar-refractivity contribution in [1.29, 1.82) is 0 Å². The molecule has 2 unspecified atom stereocenters. The van der Waals surface area contributed by atoms with Gasteiger partial charge in [0.05, 0.1) is 6.04 Å². The average Bonchev–Trinajstić information content (AvgIpc) is 2.86. The van der Waals surface area contributed by atoms with E-state index in [1.54, 1.807) is 0 Å². The predicted molar refractivity (Wildman–Crippen MR) is 57.8 cm³/mol. The number of hydrogen-bond donors (Lipinski definition) is 2. The summed E-state index contributed by atoms with van der Waals surface area (Å²) in [5, 5.41) is 2.97. The van der Waals surface area contributed by atoms with E-state index in [9.17, 15) is 4.79 Å². The fourth-order valence-electron chi connectivity index (χ4n) is 1.55. The van der Waals surface area contributed by atoms with Crippen LogP contribution >= 0.6 is 0 Å². The van der Waals surface area contributed by atoms with Gasteiger partial charge in [0.1, 0.15) is 0 Å². The lowest BCUT2D eigenvalue weighted by molar-refractivity contribution is -0.123. The van der Waals surface area contributed by atoms with Crippen LogP contribution in [0, 0.1) is 11.8 Å². The standard InChI is InChI=1S/C11H22N2O/c1-7(2)10(12)11(14)13-8(3)6-9-4-5-9/h7-10H,4-6,12H2,1-3H3,(H,13,14). The zero-order valence-corrected chi connectivity index (χ0v) is 9.42. The van der Waals surface area contributed by atoms with Crippen LogP contribution in [0.25, 0.3) is 0 Å². The van der Waals surface area contributed by atoms with E-state index >= 15 is 0 Å². The van der Waals surface area contributed by atoms with Crippen molar-refractivity contribution in [2.24, 2.45) is 17.6 Å². The van der Waals surface area contributed by atoms with E-state index in [0.29, 0.717) is 0 Å². The molecular weight excluding hydrogens is 176 g/mol. The third-order valence-corrected chi connectivity index (χ3v) is 2.79. The van der Waals surface area contributed by atoms with E-state index in [2.05, 4.69) is 12.2 Å². The maximum atomic E-state index is 11.6. The minimum Gasteiger partial charge on any atom is -0.352 e.